The molecule has 1 N–H and O–H groups in total. The normalized spacial score (nSPS) is 18.9. The predicted molar refractivity (Wildman–Crippen MR) is 82.7 cm³/mol. The molecule has 0 spiro atoms. The molecule has 1 aliphatic rings. The molecule has 1 aliphatic heterocycles. The number of hydrogen-bond acceptors (Lipinski definition) is 2. The topological polar surface area (TPSA) is 49.4 Å². The quantitative estimate of drug-likeness (QED) is 0.921. The van der Waals surface area contributed by atoms with Gasteiger partial charge in [0, 0.05) is 25.0 Å². The lowest BCUT2D eigenvalue weighted by Crippen LogP contribution is -2.44. The van der Waals surface area contributed by atoms with E-state index in [9.17, 15) is 9.59 Å². The summed E-state index contributed by atoms with van der Waals surface area (Å²) in [6.45, 7) is 7.08. The predicted octanol–water partition coefficient (Wildman–Crippen LogP) is 1.99. The van der Waals surface area contributed by atoms with Crippen LogP contribution >= 0.6 is 0 Å². The molecule has 1 aromatic rings. The first-order valence-electron chi connectivity index (χ1n) is 7.49. The number of amides is 2. The summed E-state index contributed by atoms with van der Waals surface area (Å²) in [7, 11) is 0. The lowest BCUT2D eigenvalue weighted by atomic mass is 10.0. The molecule has 1 unspecified atom stereocenters. The maximum atomic E-state index is 12.1. The Kier molecular flexibility index (Phi) is 4.66. The second kappa shape index (κ2) is 6.29. The number of benzene rings is 1. The molecule has 1 fully saturated rings. The van der Waals surface area contributed by atoms with E-state index in [1.165, 1.54) is 5.56 Å². The van der Waals surface area contributed by atoms with Crippen molar-refractivity contribution in [2.45, 2.75) is 39.2 Å². The summed E-state index contributed by atoms with van der Waals surface area (Å²) in [6.07, 6.45) is 1.16. The van der Waals surface area contributed by atoms with Gasteiger partial charge >= 0.3 is 0 Å². The van der Waals surface area contributed by atoms with Crippen LogP contribution in [0, 0.1) is 5.92 Å². The summed E-state index contributed by atoms with van der Waals surface area (Å²) in [6, 6.07) is 10.1. The Hall–Kier alpha value is -1.84. The third-order valence-corrected chi connectivity index (χ3v) is 3.60. The van der Waals surface area contributed by atoms with E-state index < -0.39 is 0 Å². The van der Waals surface area contributed by atoms with Crippen LogP contribution in [0.15, 0.2) is 30.3 Å². The molecule has 0 saturated carbocycles. The molecule has 0 aliphatic carbocycles. The maximum absolute atomic E-state index is 12.1. The smallest absolute Gasteiger partial charge is 0.225 e. The van der Waals surface area contributed by atoms with E-state index in [-0.39, 0.29) is 23.3 Å². The van der Waals surface area contributed by atoms with E-state index in [1.807, 2.05) is 39.0 Å². The van der Waals surface area contributed by atoms with Gasteiger partial charge in [0.05, 0.1) is 5.92 Å². The van der Waals surface area contributed by atoms with Gasteiger partial charge in [-0.3, -0.25) is 9.59 Å². The van der Waals surface area contributed by atoms with E-state index in [0.29, 0.717) is 19.5 Å². The number of carbonyl (C=O) groups is 2. The summed E-state index contributed by atoms with van der Waals surface area (Å²) in [4.78, 5) is 26.0. The van der Waals surface area contributed by atoms with Crippen LogP contribution in [0.4, 0.5) is 0 Å². The summed E-state index contributed by atoms with van der Waals surface area (Å²) in [5.41, 5.74) is 0.963. The summed E-state index contributed by atoms with van der Waals surface area (Å²) in [5, 5.41) is 2.96. The Balaban J connectivity index is 1.86. The lowest BCUT2D eigenvalue weighted by molar-refractivity contribution is -0.129. The monoisotopic (exact) mass is 288 g/mol. The van der Waals surface area contributed by atoms with Crippen LogP contribution < -0.4 is 5.32 Å². The van der Waals surface area contributed by atoms with Gasteiger partial charge in [-0.15, -0.1) is 0 Å². The Bertz CT molecular complexity index is 505. The second-order valence-corrected chi connectivity index (χ2v) is 6.72. The third kappa shape index (κ3) is 4.59. The zero-order valence-electron chi connectivity index (χ0n) is 13.1. The third-order valence-electron chi connectivity index (χ3n) is 3.60. The highest BCUT2D eigenvalue weighted by Crippen LogP contribution is 2.19. The molecule has 2 amide bonds. The fourth-order valence-electron chi connectivity index (χ4n) is 2.54. The van der Waals surface area contributed by atoms with Gasteiger partial charge in [0.15, 0.2) is 0 Å². The minimum absolute atomic E-state index is 0.0157. The second-order valence-electron chi connectivity index (χ2n) is 6.72. The largest absolute Gasteiger partial charge is 0.351 e. The van der Waals surface area contributed by atoms with Gasteiger partial charge in [-0.05, 0) is 32.8 Å². The summed E-state index contributed by atoms with van der Waals surface area (Å²) < 4.78 is 0. The SMILES string of the molecule is CC(C)(C)NC(=O)C1CC(=O)N(CCc2ccccc2)C1. The highest BCUT2D eigenvalue weighted by Gasteiger charge is 2.35. The molecule has 1 atom stereocenters. The van der Waals surface area contributed by atoms with Gasteiger partial charge in [0.1, 0.15) is 0 Å². The molecule has 4 nitrogen and oxygen atoms in total. The highest BCUT2D eigenvalue weighted by atomic mass is 16.2. The number of nitrogens with one attached hydrogen (secondary N) is 1. The van der Waals surface area contributed by atoms with Crippen molar-refractivity contribution in [3.63, 3.8) is 0 Å². The first-order chi connectivity index (χ1) is 9.85. The van der Waals surface area contributed by atoms with Crippen molar-refractivity contribution >= 4 is 11.8 Å². The van der Waals surface area contributed by atoms with Crippen molar-refractivity contribution in [2.24, 2.45) is 5.92 Å². The number of rotatable bonds is 4. The van der Waals surface area contributed by atoms with E-state index in [4.69, 9.17) is 0 Å². The molecule has 114 valence electrons. The van der Waals surface area contributed by atoms with Crippen molar-refractivity contribution in [1.29, 1.82) is 0 Å². The van der Waals surface area contributed by atoms with Gasteiger partial charge < -0.3 is 10.2 Å². The van der Waals surface area contributed by atoms with E-state index in [0.717, 1.165) is 6.42 Å². The van der Waals surface area contributed by atoms with Gasteiger partial charge in [-0.25, -0.2) is 0 Å². The van der Waals surface area contributed by atoms with Crippen LogP contribution in [0.5, 0.6) is 0 Å². The summed E-state index contributed by atoms with van der Waals surface area (Å²) in [5.74, 6) is -0.148. The average Bonchev–Trinajstić information content (AvgIpc) is 2.77. The molecule has 4 heteroatoms. The van der Waals surface area contributed by atoms with Gasteiger partial charge in [0.25, 0.3) is 0 Å². The molecule has 0 aromatic heterocycles. The van der Waals surface area contributed by atoms with Crippen LogP contribution in [0.2, 0.25) is 0 Å². The van der Waals surface area contributed by atoms with Gasteiger partial charge in [-0.1, -0.05) is 30.3 Å². The minimum atomic E-state index is -0.252. The van der Waals surface area contributed by atoms with Crippen LogP contribution in [-0.2, 0) is 16.0 Å². The maximum Gasteiger partial charge on any atom is 0.225 e. The van der Waals surface area contributed by atoms with Crippen molar-refractivity contribution < 1.29 is 9.59 Å². The Morgan fingerprint density at radius 2 is 1.95 bits per heavy atom. The van der Waals surface area contributed by atoms with Crippen LogP contribution in [0.3, 0.4) is 0 Å². The summed E-state index contributed by atoms with van der Waals surface area (Å²) >= 11 is 0. The van der Waals surface area contributed by atoms with Crippen molar-refractivity contribution in [2.75, 3.05) is 13.1 Å². The molecular formula is C17H24N2O2. The zero-order chi connectivity index (χ0) is 15.5. The van der Waals surface area contributed by atoms with Crippen molar-refractivity contribution in [3.05, 3.63) is 35.9 Å². The molecule has 1 saturated heterocycles. The first-order valence-corrected chi connectivity index (χ1v) is 7.49. The molecule has 1 heterocycles. The number of nitrogens with zero attached hydrogens (tertiary/aromatic N) is 1. The molecule has 21 heavy (non-hydrogen) atoms. The fraction of sp³-hybridized carbons (Fsp3) is 0.529. The van der Waals surface area contributed by atoms with E-state index >= 15 is 0 Å². The average molecular weight is 288 g/mol. The molecule has 1 aromatic carbocycles. The van der Waals surface area contributed by atoms with E-state index in [2.05, 4.69) is 17.4 Å². The Labute approximate surface area is 126 Å². The number of carbonyl (C=O) groups excluding carboxylic acids is 2. The zero-order valence-corrected chi connectivity index (χ0v) is 13.1. The molecule has 0 radical (unpaired) electrons. The molecular weight excluding hydrogens is 264 g/mol. The van der Waals surface area contributed by atoms with Crippen molar-refractivity contribution in [1.82, 2.24) is 10.2 Å². The molecule has 2 rings (SSSR count). The first kappa shape index (κ1) is 15.5. The van der Waals surface area contributed by atoms with Gasteiger partial charge in [-0.2, -0.15) is 0 Å². The van der Waals surface area contributed by atoms with Crippen LogP contribution in [-0.4, -0.2) is 35.3 Å². The van der Waals surface area contributed by atoms with Crippen molar-refractivity contribution in [3.8, 4) is 0 Å². The highest BCUT2D eigenvalue weighted by molar-refractivity contribution is 5.89. The minimum Gasteiger partial charge on any atom is -0.351 e. The standard InChI is InChI=1S/C17H24N2O2/c1-17(2,3)18-16(21)14-11-15(20)19(12-14)10-9-13-7-5-4-6-8-13/h4-8,14H,9-12H2,1-3H3,(H,18,21). The van der Waals surface area contributed by atoms with Crippen LogP contribution in [0.1, 0.15) is 32.8 Å². The number of likely N-dealkylation sites (tertiary alicyclic amines) is 1. The molecule has 0 bridgehead atoms. The van der Waals surface area contributed by atoms with Crippen LogP contribution in [0.25, 0.3) is 0 Å². The van der Waals surface area contributed by atoms with Gasteiger partial charge in [0.2, 0.25) is 11.8 Å². The Morgan fingerprint density at radius 3 is 2.57 bits per heavy atom. The fourth-order valence-corrected chi connectivity index (χ4v) is 2.54. The Morgan fingerprint density at radius 1 is 1.29 bits per heavy atom. The number of hydrogen-bond donors (Lipinski definition) is 1. The van der Waals surface area contributed by atoms with E-state index in [1.54, 1.807) is 4.90 Å². The lowest BCUT2D eigenvalue weighted by Gasteiger charge is -2.23.